The Hall–Kier alpha value is -1.36. The van der Waals surface area contributed by atoms with Crippen LogP contribution < -0.4 is 5.32 Å². The molecule has 3 N–H and O–H groups in total. The van der Waals surface area contributed by atoms with Crippen molar-refractivity contribution >= 4 is 5.91 Å². The van der Waals surface area contributed by atoms with Crippen LogP contribution in [0.25, 0.3) is 0 Å². The van der Waals surface area contributed by atoms with E-state index in [9.17, 15) is 9.90 Å². The minimum Gasteiger partial charge on any atom is -0.396 e. The minimum atomic E-state index is 0.0847. The van der Waals surface area contributed by atoms with Crippen LogP contribution in [-0.4, -0.2) is 33.9 Å². The number of hydrogen-bond donors (Lipinski definition) is 3. The van der Waals surface area contributed by atoms with Crippen LogP contribution in [-0.2, 0) is 4.79 Å². The number of rotatable bonds is 7. The molecule has 0 bridgehead atoms. The molecule has 1 aliphatic carbocycles. The molecule has 0 aliphatic heterocycles. The van der Waals surface area contributed by atoms with Gasteiger partial charge in [-0.2, -0.15) is 5.10 Å². The number of aromatic amines is 1. The molecule has 1 heterocycles. The van der Waals surface area contributed by atoms with E-state index in [1.54, 1.807) is 0 Å². The average Bonchev–Trinajstić information content (AvgIpc) is 2.86. The lowest BCUT2D eigenvalue weighted by Crippen LogP contribution is -2.42. The van der Waals surface area contributed by atoms with E-state index in [4.69, 9.17) is 0 Å². The summed E-state index contributed by atoms with van der Waals surface area (Å²) in [6.07, 6.45) is 7.25. The molecule has 0 radical (unpaired) electrons. The molecule has 1 saturated carbocycles. The summed E-state index contributed by atoms with van der Waals surface area (Å²) in [5.74, 6) is 0.754. The van der Waals surface area contributed by atoms with Gasteiger partial charge in [0.2, 0.25) is 5.91 Å². The average molecular weight is 321 g/mol. The molecule has 1 fully saturated rings. The second kappa shape index (κ2) is 8.48. The van der Waals surface area contributed by atoms with Crippen LogP contribution in [0.4, 0.5) is 0 Å². The summed E-state index contributed by atoms with van der Waals surface area (Å²) in [4.78, 5) is 12.5. The van der Waals surface area contributed by atoms with Crippen molar-refractivity contribution in [1.29, 1.82) is 0 Å². The molecule has 0 aromatic carbocycles. The molecule has 23 heavy (non-hydrogen) atoms. The number of amides is 1. The first-order valence-corrected chi connectivity index (χ1v) is 8.94. The molecular formula is C18H31N3O2. The molecule has 2 rings (SSSR count). The minimum absolute atomic E-state index is 0.0847. The van der Waals surface area contributed by atoms with Crippen molar-refractivity contribution in [3.8, 4) is 0 Å². The van der Waals surface area contributed by atoms with Crippen LogP contribution in [0.15, 0.2) is 0 Å². The van der Waals surface area contributed by atoms with Crippen molar-refractivity contribution in [3.05, 3.63) is 17.0 Å². The zero-order valence-corrected chi connectivity index (χ0v) is 14.7. The molecule has 5 heteroatoms. The number of aromatic nitrogens is 2. The number of aliphatic hydroxyl groups is 1. The van der Waals surface area contributed by atoms with Crippen molar-refractivity contribution in [2.45, 2.75) is 77.7 Å². The van der Waals surface area contributed by atoms with Crippen LogP contribution in [0.1, 0.15) is 74.7 Å². The van der Waals surface area contributed by atoms with Gasteiger partial charge in [0, 0.05) is 24.8 Å². The fourth-order valence-electron chi connectivity index (χ4n) is 4.03. The second-order valence-electron chi connectivity index (χ2n) is 7.04. The number of carbonyl (C=O) groups excluding carboxylic acids is 1. The maximum absolute atomic E-state index is 12.5. The summed E-state index contributed by atoms with van der Waals surface area (Å²) in [6.45, 7) is 6.19. The fraction of sp³-hybridized carbons (Fsp3) is 0.778. The monoisotopic (exact) mass is 321 g/mol. The highest BCUT2D eigenvalue weighted by atomic mass is 16.3. The van der Waals surface area contributed by atoms with Gasteiger partial charge in [-0.3, -0.25) is 9.89 Å². The van der Waals surface area contributed by atoms with E-state index in [1.807, 2.05) is 13.8 Å². The topological polar surface area (TPSA) is 78.0 Å². The van der Waals surface area contributed by atoms with Gasteiger partial charge in [0.1, 0.15) is 0 Å². The number of H-pyrrole nitrogens is 1. The number of hydrogen-bond acceptors (Lipinski definition) is 3. The molecule has 1 aliphatic rings. The van der Waals surface area contributed by atoms with Crippen molar-refractivity contribution in [2.24, 2.45) is 5.92 Å². The van der Waals surface area contributed by atoms with E-state index in [1.165, 1.54) is 32.1 Å². The Morgan fingerprint density at radius 2 is 2.04 bits per heavy atom. The van der Waals surface area contributed by atoms with Crippen molar-refractivity contribution in [1.82, 2.24) is 15.5 Å². The Kier molecular flexibility index (Phi) is 6.63. The van der Waals surface area contributed by atoms with Gasteiger partial charge < -0.3 is 10.4 Å². The number of nitrogens with one attached hydrogen (secondary N) is 2. The van der Waals surface area contributed by atoms with Gasteiger partial charge in [-0.15, -0.1) is 0 Å². The largest absolute Gasteiger partial charge is 0.396 e. The lowest BCUT2D eigenvalue weighted by molar-refractivity contribution is -0.122. The van der Waals surface area contributed by atoms with Crippen LogP contribution in [0.2, 0.25) is 0 Å². The zero-order valence-electron chi connectivity index (χ0n) is 14.7. The van der Waals surface area contributed by atoms with Gasteiger partial charge in [0.15, 0.2) is 0 Å². The van der Waals surface area contributed by atoms with Crippen LogP contribution in [0, 0.1) is 19.8 Å². The predicted molar refractivity (Wildman–Crippen MR) is 91.3 cm³/mol. The molecule has 130 valence electrons. The van der Waals surface area contributed by atoms with E-state index in [2.05, 4.69) is 22.4 Å². The number of aryl methyl sites for hydroxylation is 2. The summed E-state index contributed by atoms with van der Waals surface area (Å²) in [5, 5.41) is 19.7. The Morgan fingerprint density at radius 3 is 2.61 bits per heavy atom. The third-order valence-electron chi connectivity index (χ3n) is 5.17. The normalized spacial score (nSPS) is 18.6. The first-order chi connectivity index (χ1) is 11.0. The summed E-state index contributed by atoms with van der Waals surface area (Å²) >= 11 is 0. The van der Waals surface area contributed by atoms with E-state index >= 15 is 0 Å². The van der Waals surface area contributed by atoms with Gasteiger partial charge in [0.25, 0.3) is 0 Å². The number of nitrogens with zero attached hydrogens (tertiary/aromatic N) is 1. The molecule has 2 atom stereocenters. The molecule has 2 unspecified atom stereocenters. The standard InChI is InChI=1S/C18H31N3O2/c1-12(18-13(2)20-21-14(18)3)11-17(23)19-16(9-10-22)15-7-5-4-6-8-15/h12,15-16,22H,4-11H2,1-3H3,(H,19,23)(H,20,21). The number of aliphatic hydroxyl groups excluding tert-OH is 1. The van der Waals surface area contributed by atoms with Crippen molar-refractivity contribution < 1.29 is 9.90 Å². The fourth-order valence-corrected chi connectivity index (χ4v) is 4.03. The smallest absolute Gasteiger partial charge is 0.220 e. The quantitative estimate of drug-likeness (QED) is 0.722. The highest BCUT2D eigenvalue weighted by Gasteiger charge is 2.26. The highest BCUT2D eigenvalue weighted by Crippen LogP contribution is 2.28. The second-order valence-corrected chi connectivity index (χ2v) is 7.04. The third-order valence-corrected chi connectivity index (χ3v) is 5.17. The van der Waals surface area contributed by atoms with Crippen molar-refractivity contribution in [3.63, 3.8) is 0 Å². The molecule has 5 nitrogen and oxygen atoms in total. The van der Waals surface area contributed by atoms with E-state index < -0.39 is 0 Å². The van der Waals surface area contributed by atoms with Crippen LogP contribution in [0.3, 0.4) is 0 Å². The lowest BCUT2D eigenvalue weighted by atomic mass is 9.82. The van der Waals surface area contributed by atoms with Gasteiger partial charge >= 0.3 is 0 Å². The first-order valence-electron chi connectivity index (χ1n) is 8.94. The lowest BCUT2D eigenvalue weighted by Gasteiger charge is -2.31. The van der Waals surface area contributed by atoms with Gasteiger partial charge in [-0.1, -0.05) is 26.2 Å². The Bertz CT molecular complexity index is 487. The molecule has 1 aromatic rings. The van der Waals surface area contributed by atoms with Crippen LogP contribution in [0.5, 0.6) is 0 Å². The molecule has 0 saturated heterocycles. The van der Waals surface area contributed by atoms with Crippen molar-refractivity contribution in [2.75, 3.05) is 6.61 Å². The predicted octanol–water partition coefficient (Wildman–Crippen LogP) is 2.97. The Labute approximate surface area is 139 Å². The molecular weight excluding hydrogens is 290 g/mol. The van der Waals surface area contributed by atoms with Gasteiger partial charge in [0.05, 0.1) is 5.69 Å². The molecule has 0 spiro atoms. The van der Waals surface area contributed by atoms with E-state index in [0.29, 0.717) is 18.8 Å². The van der Waals surface area contributed by atoms with E-state index in [0.717, 1.165) is 17.0 Å². The number of carbonyl (C=O) groups is 1. The van der Waals surface area contributed by atoms with Crippen LogP contribution >= 0.6 is 0 Å². The van der Waals surface area contributed by atoms with Gasteiger partial charge in [-0.25, -0.2) is 0 Å². The maximum Gasteiger partial charge on any atom is 0.220 e. The first kappa shape index (κ1) is 18.0. The summed E-state index contributed by atoms with van der Waals surface area (Å²) in [6, 6.07) is 0.117. The SMILES string of the molecule is Cc1n[nH]c(C)c1C(C)CC(=O)NC(CCO)C1CCCCC1. The Balaban J connectivity index is 1.93. The zero-order chi connectivity index (χ0) is 16.8. The Morgan fingerprint density at radius 1 is 1.35 bits per heavy atom. The molecule has 1 amide bonds. The maximum atomic E-state index is 12.5. The highest BCUT2D eigenvalue weighted by molar-refractivity contribution is 5.77. The summed E-state index contributed by atoms with van der Waals surface area (Å²) in [7, 11) is 0. The third kappa shape index (κ3) is 4.80. The van der Waals surface area contributed by atoms with Gasteiger partial charge in [-0.05, 0) is 50.5 Å². The molecule has 1 aromatic heterocycles. The summed E-state index contributed by atoms with van der Waals surface area (Å²) in [5.41, 5.74) is 3.17. The summed E-state index contributed by atoms with van der Waals surface area (Å²) < 4.78 is 0. The van der Waals surface area contributed by atoms with E-state index in [-0.39, 0.29) is 24.5 Å².